The number of hydrogen-bond acceptors (Lipinski definition) is 2. The zero-order valence-electron chi connectivity index (χ0n) is 4.27. The van der Waals surface area contributed by atoms with Crippen molar-refractivity contribution in [2.45, 2.75) is 12.3 Å². The third-order valence-electron chi connectivity index (χ3n) is 0.325. The molecule has 0 fully saturated rings. The summed E-state index contributed by atoms with van der Waals surface area (Å²) in [7, 11) is 0. The SMILES string of the molecule is [13CH3][13CH](Cl)[13C](=O)[O-].[Na+]. The molecule has 0 heterocycles. The maximum Gasteiger partial charge on any atom is 1.00 e. The molecule has 0 saturated heterocycles. The first kappa shape index (κ1) is 10.7. The molecule has 0 amide bonds. The van der Waals surface area contributed by atoms with Gasteiger partial charge in [0.2, 0.25) is 0 Å². The van der Waals surface area contributed by atoms with Crippen LogP contribution in [0.2, 0.25) is 0 Å². The van der Waals surface area contributed by atoms with Crippen molar-refractivity contribution < 1.29 is 39.5 Å². The molecule has 2 nitrogen and oxygen atoms in total. The van der Waals surface area contributed by atoms with Crippen molar-refractivity contribution in [2.24, 2.45) is 0 Å². The Hall–Kier alpha value is 0.760. The number of aliphatic carboxylic acids is 1. The molecule has 0 aliphatic rings. The predicted octanol–water partition coefficient (Wildman–Crippen LogP) is -3.63. The van der Waals surface area contributed by atoms with Crippen molar-refractivity contribution in [1.82, 2.24) is 0 Å². The van der Waals surface area contributed by atoms with Crippen molar-refractivity contribution in [3.63, 3.8) is 0 Å². The second kappa shape index (κ2) is 4.91. The van der Waals surface area contributed by atoms with E-state index < -0.39 is 11.3 Å². The quantitative estimate of drug-likeness (QED) is 0.210. The minimum absolute atomic E-state index is 0. The number of halogens is 1. The molecule has 7 heavy (non-hydrogen) atoms. The van der Waals surface area contributed by atoms with Gasteiger partial charge in [0, 0.05) is 0 Å². The van der Waals surface area contributed by atoms with Gasteiger partial charge >= 0.3 is 29.6 Å². The molecule has 0 aliphatic heterocycles. The summed E-state index contributed by atoms with van der Waals surface area (Å²) in [4.78, 5) is 9.46. The Labute approximate surface area is 69.1 Å². The zero-order chi connectivity index (χ0) is 5.15. The Balaban J connectivity index is 0. The van der Waals surface area contributed by atoms with Crippen LogP contribution in [0.4, 0.5) is 0 Å². The summed E-state index contributed by atoms with van der Waals surface area (Å²) in [6, 6.07) is 0. The van der Waals surface area contributed by atoms with E-state index in [0.29, 0.717) is 0 Å². The van der Waals surface area contributed by atoms with E-state index in [1.807, 2.05) is 0 Å². The van der Waals surface area contributed by atoms with Crippen molar-refractivity contribution in [3.05, 3.63) is 0 Å². The van der Waals surface area contributed by atoms with Gasteiger partial charge < -0.3 is 9.90 Å². The van der Waals surface area contributed by atoms with Crippen molar-refractivity contribution >= 4 is 17.6 Å². The molecular weight excluding hydrogens is 129 g/mol. The maximum atomic E-state index is 9.46. The van der Waals surface area contributed by atoms with E-state index in [4.69, 9.17) is 11.6 Å². The number of carbonyl (C=O) groups excluding carboxylic acids is 1. The molecule has 0 radical (unpaired) electrons. The first-order valence-corrected chi connectivity index (χ1v) is 1.93. The minimum Gasteiger partial charge on any atom is -0.549 e. The van der Waals surface area contributed by atoms with Crippen LogP contribution in [0.1, 0.15) is 6.92 Å². The molecule has 0 saturated carbocycles. The van der Waals surface area contributed by atoms with Crippen LogP contribution in [0.15, 0.2) is 0 Å². The summed E-state index contributed by atoms with van der Waals surface area (Å²) in [5.41, 5.74) is 0. The van der Waals surface area contributed by atoms with E-state index in [1.54, 1.807) is 0 Å². The molecular formula is C3H4ClNaO2. The van der Waals surface area contributed by atoms with E-state index >= 15 is 0 Å². The molecule has 1 unspecified atom stereocenters. The van der Waals surface area contributed by atoms with Gasteiger partial charge in [0.1, 0.15) is 0 Å². The summed E-state index contributed by atoms with van der Waals surface area (Å²) in [5, 5.41) is 8.59. The number of carbonyl (C=O) groups is 1. The minimum atomic E-state index is -1.23. The van der Waals surface area contributed by atoms with Crippen LogP contribution < -0.4 is 34.7 Å². The van der Waals surface area contributed by atoms with Gasteiger partial charge in [-0.15, -0.1) is 11.6 Å². The Morgan fingerprint density at radius 2 is 2.00 bits per heavy atom. The van der Waals surface area contributed by atoms with Gasteiger partial charge in [-0.25, -0.2) is 0 Å². The largest absolute Gasteiger partial charge is 1.00 e. The van der Waals surface area contributed by atoms with Gasteiger partial charge in [0.15, 0.2) is 0 Å². The zero-order valence-corrected chi connectivity index (χ0v) is 7.03. The van der Waals surface area contributed by atoms with E-state index in [-0.39, 0.29) is 29.6 Å². The first-order chi connectivity index (χ1) is 2.64. The van der Waals surface area contributed by atoms with Gasteiger partial charge in [-0.1, -0.05) is 0 Å². The first-order valence-electron chi connectivity index (χ1n) is 1.49. The van der Waals surface area contributed by atoms with E-state index in [0.717, 1.165) is 0 Å². The van der Waals surface area contributed by atoms with Crippen LogP contribution in [0.3, 0.4) is 0 Å². The average Bonchev–Trinajstić information content (AvgIpc) is 1.36. The number of rotatable bonds is 1. The topological polar surface area (TPSA) is 40.1 Å². The molecule has 0 aromatic heterocycles. The van der Waals surface area contributed by atoms with E-state index in [9.17, 15) is 9.90 Å². The number of carboxylic acid groups (broad SMARTS) is 1. The monoisotopic (exact) mass is 133 g/mol. The van der Waals surface area contributed by atoms with Crippen molar-refractivity contribution in [2.75, 3.05) is 0 Å². The van der Waals surface area contributed by atoms with Crippen molar-refractivity contribution in [1.29, 1.82) is 0 Å². The van der Waals surface area contributed by atoms with Gasteiger partial charge in [0.25, 0.3) is 0 Å². The molecule has 0 aliphatic carbocycles. The summed E-state index contributed by atoms with van der Waals surface area (Å²) >= 11 is 4.95. The van der Waals surface area contributed by atoms with E-state index in [2.05, 4.69) is 0 Å². The summed E-state index contributed by atoms with van der Waals surface area (Å²) in [5.74, 6) is -1.23. The van der Waals surface area contributed by atoms with Gasteiger partial charge in [0.05, 0.1) is 11.3 Å². The summed E-state index contributed by atoms with van der Waals surface area (Å²) in [6.45, 7) is 1.34. The summed E-state index contributed by atoms with van der Waals surface area (Å²) in [6.07, 6.45) is 0. The third kappa shape index (κ3) is 6.76. The van der Waals surface area contributed by atoms with Crippen LogP contribution in [-0.2, 0) is 4.79 Å². The molecule has 0 bridgehead atoms. The standard InChI is InChI=1S/C3H5ClO2.Na/c1-2(4)3(5)6;/h2H,1H3,(H,5,6);/q;+1/p-1/i1+1,2+1,3+1;. The van der Waals surface area contributed by atoms with Crippen LogP contribution in [0, 0.1) is 0 Å². The number of hydrogen-bond donors (Lipinski definition) is 0. The fourth-order valence-corrected chi connectivity index (χ4v) is 0. The maximum absolute atomic E-state index is 9.46. The fourth-order valence-electron chi connectivity index (χ4n) is 0. The number of alkyl halides is 1. The second-order valence-electron chi connectivity index (χ2n) is 0.935. The van der Waals surface area contributed by atoms with Crippen molar-refractivity contribution in [3.8, 4) is 0 Å². The Morgan fingerprint density at radius 1 is 1.86 bits per heavy atom. The second-order valence-corrected chi connectivity index (χ2v) is 1.59. The molecule has 0 aromatic rings. The normalized spacial score (nSPS) is 11.7. The van der Waals surface area contributed by atoms with Gasteiger partial charge in [-0.2, -0.15) is 0 Å². The molecule has 0 N–H and O–H groups in total. The Morgan fingerprint density at radius 3 is 2.00 bits per heavy atom. The van der Waals surface area contributed by atoms with E-state index in [1.165, 1.54) is 6.92 Å². The van der Waals surface area contributed by atoms with Gasteiger partial charge in [-0.3, -0.25) is 0 Å². The van der Waals surface area contributed by atoms with Gasteiger partial charge in [-0.05, 0) is 6.92 Å². The molecule has 0 rings (SSSR count). The Kier molecular flexibility index (Phi) is 7.49. The molecule has 4 heteroatoms. The smallest absolute Gasteiger partial charge is 0.549 e. The number of carboxylic acids is 1. The van der Waals surface area contributed by atoms with Crippen LogP contribution in [-0.4, -0.2) is 11.3 Å². The van der Waals surface area contributed by atoms with Crippen LogP contribution >= 0.6 is 11.6 Å². The predicted molar refractivity (Wildman–Crippen MR) is 20.3 cm³/mol. The third-order valence-corrected chi connectivity index (χ3v) is 0.503. The van der Waals surface area contributed by atoms with Crippen LogP contribution in [0.5, 0.6) is 0 Å². The Bertz CT molecular complexity index is 64.0. The molecule has 0 spiro atoms. The average molecular weight is 133 g/mol. The molecule has 0 aromatic carbocycles. The molecule has 1 atom stereocenters. The van der Waals surface area contributed by atoms with Crippen LogP contribution in [0.25, 0.3) is 0 Å². The summed E-state index contributed by atoms with van der Waals surface area (Å²) < 4.78 is 0. The fraction of sp³-hybridized carbons (Fsp3) is 0.667. The molecule has 36 valence electrons.